The first-order valence-corrected chi connectivity index (χ1v) is 8.83. The molecule has 0 aromatic heterocycles. The zero-order chi connectivity index (χ0) is 19.0. The van der Waals surface area contributed by atoms with E-state index in [0.717, 1.165) is 22.3 Å². The van der Waals surface area contributed by atoms with Gasteiger partial charge in [0.15, 0.2) is 11.4 Å². The van der Waals surface area contributed by atoms with Crippen LogP contribution in [0.25, 0.3) is 11.1 Å². The van der Waals surface area contributed by atoms with Gasteiger partial charge in [-0.3, -0.25) is 4.79 Å². The highest BCUT2D eigenvalue weighted by Crippen LogP contribution is 2.39. The first-order valence-electron chi connectivity index (χ1n) is 8.83. The fraction of sp³-hybridized carbons (Fsp3) is 0.227. The Morgan fingerprint density at radius 3 is 2.56 bits per heavy atom. The van der Waals surface area contributed by atoms with Crippen LogP contribution in [-0.4, -0.2) is 39.9 Å². The molecule has 2 aromatic rings. The second-order valence-corrected chi connectivity index (χ2v) is 6.96. The molecule has 0 saturated heterocycles. The van der Waals surface area contributed by atoms with E-state index in [1.807, 2.05) is 30.4 Å². The Labute approximate surface area is 156 Å². The van der Waals surface area contributed by atoms with Crippen LogP contribution in [0.4, 0.5) is 0 Å². The zero-order valence-electron chi connectivity index (χ0n) is 14.7. The van der Waals surface area contributed by atoms with Crippen LogP contribution in [0.2, 0.25) is 0 Å². The van der Waals surface area contributed by atoms with Gasteiger partial charge in [0.2, 0.25) is 0 Å². The lowest BCUT2D eigenvalue weighted by Crippen LogP contribution is -2.48. The van der Waals surface area contributed by atoms with E-state index in [1.54, 1.807) is 24.3 Å². The van der Waals surface area contributed by atoms with E-state index in [0.29, 0.717) is 17.7 Å². The molecular weight excluding hydrogens is 344 g/mol. The molecule has 2 aliphatic rings. The summed E-state index contributed by atoms with van der Waals surface area (Å²) in [4.78, 5) is 12.5. The summed E-state index contributed by atoms with van der Waals surface area (Å²) in [5.41, 5.74) is 2.89. The van der Waals surface area contributed by atoms with E-state index in [1.165, 1.54) is 0 Å². The van der Waals surface area contributed by atoms with Gasteiger partial charge < -0.3 is 20.1 Å². The zero-order valence-corrected chi connectivity index (χ0v) is 14.7. The standard InChI is InChI=1S/C22H20O5/c23-12-22(13-24)11-20(26)18-10-15(7-8-21(18)27-22)14-5-6-16(9-14)17-3-1-2-4-19(17)25/h1-4,6-10,23-25H,5,11-13H2. The van der Waals surface area contributed by atoms with Crippen molar-refractivity contribution in [3.8, 4) is 11.5 Å². The molecule has 1 aliphatic carbocycles. The van der Waals surface area contributed by atoms with Crippen molar-refractivity contribution in [3.63, 3.8) is 0 Å². The summed E-state index contributed by atoms with van der Waals surface area (Å²) in [6.45, 7) is -0.842. The topological polar surface area (TPSA) is 87.0 Å². The molecule has 0 fully saturated rings. The van der Waals surface area contributed by atoms with Crippen LogP contribution in [0.1, 0.15) is 34.3 Å². The molecule has 0 bridgehead atoms. The van der Waals surface area contributed by atoms with Gasteiger partial charge in [0.1, 0.15) is 11.5 Å². The van der Waals surface area contributed by atoms with Gasteiger partial charge in [0.25, 0.3) is 0 Å². The van der Waals surface area contributed by atoms with Gasteiger partial charge in [-0.15, -0.1) is 0 Å². The van der Waals surface area contributed by atoms with Gasteiger partial charge in [-0.05, 0) is 41.3 Å². The largest absolute Gasteiger partial charge is 0.507 e. The van der Waals surface area contributed by atoms with Crippen LogP contribution in [0.5, 0.6) is 11.5 Å². The minimum atomic E-state index is -1.25. The average molecular weight is 364 g/mol. The summed E-state index contributed by atoms with van der Waals surface area (Å²) >= 11 is 0. The van der Waals surface area contributed by atoms with E-state index in [2.05, 4.69) is 0 Å². The third-order valence-corrected chi connectivity index (χ3v) is 5.12. The highest BCUT2D eigenvalue weighted by molar-refractivity contribution is 6.01. The maximum atomic E-state index is 12.5. The fourth-order valence-corrected chi connectivity index (χ4v) is 3.55. The number of Topliss-reactive ketones (excluding diaryl/α,β-unsaturated/α-hetero) is 1. The molecule has 0 spiro atoms. The molecule has 1 heterocycles. The number of phenolic OH excluding ortho intramolecular Hbond substituents is 1. The number of para-hydroxylation sites is 1. The number of benzene rings is 2. The maximum absolute atomic E-state index is 12.5. The molecular formula is C22H20O5. The summed E-state index contributed by atoms with van der Waals surface area (Å²) in [6.07, 6.45) is 4.70. The minimum Gasteiger partial charge on any atom is -0.507 e. The minimum absolute atomic E-state index is 0.0586. The summed E-state index contributed by atoms with van der Waals surface area (Å²) in [6, 6.07) is 12.6. The van der Waals surface area contributed by atoms with E-state index in [-0.39, 0.29) is 18.0 Å². The lowest BCUT2D eigenvalue weighted by Gasteiger charge is -2.35. The molecule has 5 nitrogen and oxygen atoms in total. The van der Waals surface area contributed by atoms with Crippen LogP contribution < -0.4 is 4.74 Å². The molecule has 0 unspecified atom stereocenters. The number of ether oxygens (including phenoxy) is 1. The molecule has 0 atom stereocenters. The van der Waals surface area contributed by atoms with Crippen molar-refractivity contribution < 1.29 is 24.9 Å². The van der Waals surface area contributed by atoms with E-state index < -0.39 is 18.8 Å². The monoisotopic (exact) mass is 364 g/mol. The Hall–Kier alpha value is -2.89. The Morgan fingerprint density at radius 2 is 1.81 bits per heavy atom. The van der Waals surface area contributed by atoms with Crippen LogP contribution in [0, 0.1) is 0 Å². The molecule has 1 aliphatic heterocycles. The molecule has 5 heteroatoms. The Bertz CT molecular complexity index is 966. The van der Waals surface area contributed by atoms with Crippen molar-refractivity contribution in [1.82, 2.24) is 0 Å². The summed E-state index contributed by atoms with van der Waals surface area (Å²) in [5.74, 6) is 0.457. The third kappa shape index (κ3) is 3.05. The van der Waals surface area contributed by atoms with Crippen molar-refractivity contribution in [2.24, 2.45) is 0 Å². The second kappa shape index (κ2) is 6.68. The number of aliphatic hydroxyl groups is 2. The second-order valence-electron chi connectivity index (χ2n) is 6.96. The van der Waals surface area contributed by atoms with E-state index in [9.17, 15) is 20.1 Å². The van der Waals surface area contributed by atoms with Crippen molar-refractivity contribution in [1.29, 1.82) is 0 Å². The number of rotatable bonds is 4. The van der Waals surface area contributed by atoms with E-state index >= 15 is 0 Å². The quantitative estimate of drug-likeness (QED) is 0.776. The first kappa shape index (κ1) is 17.5. The maximum Gasteiger partial charge on any atom is 0.170 e. The fourth-order valence-electron chi connectivity index (χ4n) is 3.55. The summed E-state index contributed by atoms with van der Waals surface area (Å²) in [7, 11) is 0. The number of phenols is 1. The molecule has 0 amide bonds. The normalized spacial score (nSPS) is 17.8. The smallest absolute Gasteiger partial charge is 0.170 e. The Kier molecular flexibility index (Phi) is 4.34. The number of ketones is 1. The third-order valence-electron chi connectivity index (χ3n) is 5.12. The van der Waals surface area contributed by atoms with Gasteiger partial charge in [0.05, 0.1) is 25.2 Å². The molecule has 138 valence electrons. The van der Waals surface area contributed by atoms with Crippen molar-refractivity contribution in [2.45, 2.75) is 18.4 Å². The van der Waals surface area contributed by atoms with Crippen LogP contribution in [0.15, 0.2) is 54.6 Å². The number of fused-ring (bicyclic) bond motifs is 1. The average Bonchev–Trinajstić information content (AvgIpc) is 3.18. The van der Waals surface area contributed by atoms with Crippen molar-refractivity contribution >= 4 is 16.9 Å². The number of aliphatic hydroxyl groups excluding tert-OH is 2. The molecule has 3 N–H and O–H groups in total. The predicted molar refractivity (Wildman–Crippen MR) is 102 cm³/mol. The highest BCUT2D eigenvalue weighted by atomic mass is 16.5. The van der Waals surface area contributed by atoms with Crippen molar-refractivity contribution in [2.75, 3.05) is 13.2 Å². The number of aromatic hydroxyl groups is 1. The first-order chi connectivity index (χ1) is 13.0. The molecule has 2 aromatic carbocycles. The van der Waals surface area contributed by atoms with Gasteiger partial charge in [0, 0.05) is 5.56 Å². The number of carbonyl (C=O) groups is 1. The molecule has 0 radical (unpaired) electrons. The molecule has 0 saturated carbocycles. The van der Waals surface area contributed by atoms with Crippen molar-refractivity contribution in [3.05, 3.63) is 71.3 Å². The lowest BCUT2D eigenvalue weighted by atomic mass is 9.89. The number of carbonyl (C=O) groups excluding carboxylic acids is 1. The molecule has 4 rings (SSSR count). The van der Waals surface area contributed by atoms with Gasteiger partial charge in [-0.25, -0.2) is 0 Å². The van der Waals surface area contributed by atoms with Gasteiger partial charge >= 0.3 is 0 Å². The SMILES string of the molecule is O=C1CC(CO)(CO)Oc2ccc(C3=CC(c4ccccc4O)=CC3)cc21. The van der Waals surface area contributed by atoms with Crippen LogP contribution in [-0.2, 0) is 0 Å². The van der Waals surface area contributed by atoms with Gasteiger partial charge in [-0.2, -0.15) is 0 Å². The van der Waals surface area contributed by atoms with Gasteiger partial charge in [-0.1, -0.05) is 36.4 Å². The number of hydrogen-bond donors (Lipinski definition) is 3. The highest BCUT2D eigenvalue weighted by Gasteiger charge is 2.40. The number of hydrogen-bond acceptors (Lipinski definition) is 5. The summed E-state index contributed by atoms with van der Waals surface area (Å²) < 4.78 is 5.73. The number of allylic oxidation sites excluding steroid dienone is 4. The lowest BCUT2D eigenvalue weighted by molar-refractivity contribution is -0.0403. The molecule has 27 heavy (non-hydrogen) atoms. The Morgan fingerprint density at radius 1 is 1.04 bits per heavy atom. The van der Waals surface area contributed by atoms with E-state index in [4.69, 9.17) is 4.74 Å². The summed E-state index contributed by atoms with van der Waals surface area (Å²) in [5, 5.41) is 29.0. The van der Waals surface area contributed by atoms with Crippen LogP contribution in [0.3, 0.4) is 0 Å². The predicted octanol–water partition coefficient (Wildman–Crippen LogP) is 2.95. The Balaban J connectivity index is 1.65. The van der Waals surface area contributed by atoms with Crippen LogP contribution >= 0.6 is 0 Å².